The van der Waals surface area contributed by atoms with Crippen molar-refractivity contribution in [2.75, 3.05) is 14.2 Å². The number of benzene rings is 2. The van der Waals surface area contributed by atoms with Crippen molar-refractivity contribution in [2.45, 2.75) is 6.61 Å². The molecule has 0 saturated heterocycles. The molecule has 5 nitrogen and oxygen atoms in total. The van der Waals surface area contributed by atoms with Crippen LogP contribution in [0.15, 0.2) is 46.4 Å². The molecule has 134 valence electrons. The highest BCUT2D eigenvalue weighted by molar-refractivity contribution is 9.10. The summed E-state index contributed by atoms with van der Waals surface area (Å²) in [6.07, 6.45) is 1.38. The number of halogens is 2. The van der Waals surface area contributed by atoms with E-state index in [0.29, 0.717) is 27.1 Å². The van der Waals surface area contributed by atoms with E-state index >= 15 is 0 Å². The van der Waals surface area contributed by atoms with Crippen molar-refractivity contribution in [1.82, 2.24) is 0 Å². The predicted molar refractivity (Wildman–Crippen MR) is 97.0 cm³/mol. The van der Waals surface area contributed by atoms with Crippen molar-refractivity contribution >= 4 is 28.0 Å². The van der Waals surface area contributed by atoms with Gasteiger partial charge in [-0.05, 0) is 57.4 Å². The van der Waals surface area contributed by atoms with Crippen molar-refractivity contribution in [3.05, 3.63) is 63.4 Å². The number of methoxy groups -OCH3 is 2. The topological polar surface area (TPSA) is 68.6 Å². The van der Waals surface area contributed by atoms with E-state index in [0.717, 1.165) is 0 Å². The van der Waals surface area contributed by atoms with Crippen LogP contribution in [0.2, 0.25) is 0 Å². The molecule has 0 bridgehead atoms. The van der Waals surface area contributed by atoms with Crippen LogP contribution >= 0.6 is 15.9 Å². The molecule has 0 aromatic heterocycles. The molecule has 0 radical (unpaired) electrons. The Bertz CT molecular complexity index is 890. The largest absolute Gasteiger partial charge is 0.493 e. The van der Waals surface area contributed by atoms with Crippen LogP contribution < -0.4 is 9.47 Å². The molecular weight excluding hydrogens is 405 g/mol. The van der Waals surface area contributed by atoms with Gasteiger partial charge in [-0.3, -0.25) is 0 Å². The number of carbonyl (C=O) groups excluding carboxylic acids is 1. The zero-order valence-electron chi connectivity index (χ0n) is 14.1. The number of hydrogen-bond donors (Lipinski definition) is 0. The van der Waals surface area contributed by atoms with E-state index in [9.17, 15) is 9.18 Å². The minimum absolute atomic E-state index is 0.144. The summed E-state index contributed by atoms with van der Waals surface area (Å²) >= 11 is 3.39. The van der Waals surface area contributed by atoms with E-state index in [2.05, 4.69) is 20.7 Å². The summed E-state index contributed by atoms with van der Waals surface area (Å²) in [7, 11) is 2.67. The van der Waals surface area contributed by atoms with Crippen LogP contribution in [0.4, 0.5) is 4.39 Å². The molecule has 0 aliphatic heterocycles. The first-order valence-electron chi connectivity index (χ1n) is 7.43. The Morgan fingerprint density at radius 2 is 2.08 bits per heavy atom. The molecule has 0 saturated carbocycles. The molecule has 7 heteroatoms. The van der Waals surface area contributed by atoms with Crippen LogP contribution in [0.25, 0.3) is 6.08 Å². The van der Waals surface area contributed by atoms with E-state index in [1.54, 1.807) is 30.3 Å². The lowest BCUT2D eigenvalue weighted by molar-refractivity contribution is -0.135. The van der Waals surface area contributed by atoms with Gasteiger partial charge in [0, 0.05) is 0 Å². The lowest BCUT2D eigenvalue weighted by atomic mass is 10.1. The molecule has 2 aromatic carbocycles. The molecule has 0 aliphatic rings. The SMILES string of the molecule is COC(=O)/C(C#N)=C/c1cc(Br)c(OCc2cccc(F)c2)c(OC)c1. The van der Waals surface area contributed by atoms with Crippen LogP contribution in [0.5, 0.6) is 11.5 Å². The molecule has 0 N–H and O–H groups in total. The van der Waals surface area contributed by atoms with E-state index in [1.807, 2.05) is 0 Å². The van der Waals surface area contributed by atoms with Crippen molar-refractivity contribution in [3.63, 3.8) is 0 Å². The number of nitrogens with zero attached hydrogens (tertiary/aromatic N) is 1. The summed E-state index contributed by atoms with van der Waals surface area (Å²) in [6, 6.07) is 11.2. The van der Waals surface area contributed by atoms with Crippen molar-refractivity contribution in [3.8, 4) is 17.6 Å². The molecule has 0 atom stereocenters. The summed E-state index contributed by atoms with van der Waals surface area (Å²) in [5.74, 6) is -0.256. The molecule has 0 aliphatic carbocycles. The highest BCUT2D eigenvalue weighted by Crippen LogP contribution is 2.37. The lowest BCUT2D eigenvalue weighted by Gasteiger charge is -2.14. The minimum atomic E-state index is -0.728. The van der Waals surface area contributed by atoms with Gasteiger partial charge in [0.2, 0.25) is 0 Å². The average molecular weight is 420 g/mol. The second kappa shape index (κ2) is 9.02. The summed E-state index contributed by atoms with van der Waals surface area (Å²) in [6.45, 7) is 0.146. The Morgan fingerprint density at radius 3 is 2.69 bits per heavy atom. The standard InChI is InChI=1S/C19H15BrFNO4/c1-24-17-9-13(6-14(10-22)19(23)25-2)8-16(20)18(17)26-11-12-4-3-5-15(21)7-12/h3-9H,11H2,1-2H3/b14-6+. The van der Waals surface area contributed by atoms with Crippen molar-refractivity contribution < 1.29 is 23.4 Å². The summed E-state index contributed by atoms with van der Waals surface area (Å²) < 4.78 is 29.4. The number of carbonyl (C=O) groups is 1. The summed E-state index contributed by atoms with van der Waals surface area (Å²) in [5, 5.41) is 9.05. The van der Waals surface area contributed by atoms with Gasteiger partial charge in [0.25, 0.3) is 0 Å². The summed E-state index contributed by atoms with van der Waals surface area (Å²) in [5.41, 5.74) is 1.07. The van der Waals surface area contributed by atoms with Gasteiger partial charge < -0.3 is 14.2 Å². The third kappa shape index (κ3) is 4.83. The fraction of sp³-hybridized carbons (Fsp3) is 0.158. The van der Waals surface area contributed by atoms with Crippen LogP contribution in [0.1, 0.15) is 11.1 Å². The first-order valence-corrected chi connectivity index (χ1v) is 8.22. The van der Waals surface area contributed by atoms with Crippen LogP contribution in [-0.4, -0.2) is 20.2 Å². The first kappa shape index (κ1) is 19.5. The van der Waals surface area contributed by atoms with Gasteiger partial charge in [0.1, 0.15) is 24.1 Å². The first-order chi connectivity index (χ1) is 12.5. The van der Waals surface area contributed by atoms with Gasteiger partial charge >= 0.3 is 5.97 Å². The average Bonchev–Trinajstić information content (AvgIpc) is 2.64. The number of esters is 1. The Hall–Kier alpha value is -2.85. The quantitative estimate of drug-likeness (QED) is 0.397. The molecule has 0 fully saturated rings. The molecule has 2 rings (SSSR count). The maximum atomic E-state index is 13.3. The molecule has 0 unspecified atom stereocenters. The minimum Gasteiger partial charge on any atom is -0.493 e. The third-order valence-electron chi connectivity index (χ3n) is 3.36. The smallest absolute Gasteiger partial charge is 0.348 e. The zero-order valence-corrected chi connectivity index (χ0v) is 15.7. The molecular formula is C19H15BrFNO4. The van der Waals surface area contributed by atoms with Gasteiger partial charge in [0.05, 0.1) is 18.7 Å². The molecule has 26 heavy (non-hydrogen) atoms. The number of ether oxygens (including phenoxy) is 3. The molecule has 0 spiro atoms. The maximum Gasteiger partial charge on any atom is 0.348 e. The Balaban J connectivity index is 2.30. The maximum absolute atomic E-state index is 13.3. The van der Waals surface area contributed by atoms with Gasteiger partial charge in [-0.1, -0.05) is 12.1 Å². The molecule has 0 heterocycles. The normalized spacial score (nSPS) is 10.8. The number of rotatable bonds is 6. The highest BCUT2D eigenvalue weighted by Gasteiger charge is 2.14. The van der Waals surface area contributed by atoms with Crippen LogP contribution in [-0.2, 0) is 16.1 Å². The van der Waals surface area contributed by atoms with Crippen LogP contribution in [0, 0.1) is 17.1 Å². The van der Waals surface area contributed by atoms with Gasteiger partial charge in [0.15, 0.2) is 11.5 Å². The molecule has 2 aromatic rings. The third-order valence-corrected chi connectivity index (χ3v) is 3.95. The van der Waals surface area contributed by atoms with Crippen molar-refractivity contribution in [2.24, 2.45) is 0 Å². The summed E-state index contributed by atoms with van der Waals surface area (Å²) in [4.78, 5) is 11.5. The lowest BCUT2D eigenvalue weighted by Crippen LogP contribution is -2.03. The van der Waals surface area contributed by atoms with E-state index in [4.69, 9.17) is 14.7 Å². The Kier molecular flexibility index (Phi) is 6.75. The highest BCUT2D eigenvalue weighted by atomic mass is 79.9. The van der Waals surface area contributed by atoms with Gasteiger partial charge in [-0.25, -0.2) is 9.18 Å². The van der Waals surface area contributed by atoms with Gasteiger partial charge in [-0.2, -0.15) is 5.26 Å². The van der Waals surface area contributed by atoms with E-state index < -0.39 is 5.97 Å². The second-order valence-electron chi connectivity index (χ2n) is 5.11. The fourth-order valence-corrected chi connectivity index (χ4v) is 2.73. The monoisotopic (exact) mass is 419 g/mol. The Morgan fingerprint density at radius 1 is 1.31 bits per heavy atom. The fourth-order valence-electron chi connectivity index (χ4n) is 2.16. The van der Waals surface area contributed by atoms with Crippen LogP contribution in [0.3, 0.4) is 0 Å². The molecule has 0 amide bonds. The second-order valence-corrected chi connectivity index (χ2v) is 5.97. The number of hydrogen-bond acceptors (Lipinski definition) is 5. The van der Waals surface area contributed by atoms with Crippen molar-refractivity contribution in [1.29, 1.82) is 5.26 Å². The van der Waals surface area contributed by atoms with Gasteiger partial charge in [-0.15, -0.1) is 0 Å². The predicted octanol–water partition coefficient (Wildman–Crippen LogP) is 4.26. The zero-order chi connectivity index (χ0) is 19.1. The number of nitriles is 1. The van der Waals surface area contributed by atoms with E-state index in [1.165, 1.54) is 32.4 Å². The Labute approximate surface area is 158 Å². The van der Waals surface area contributed by atoms with E-state index in [-0.39, 0.29) is 18.0 Å².